The van der Waals surface area contributed by atoms with Gasteiger partial charge in [-0.25, -0.2) is 4.39 Å². The highest BCUT2D eigenvalue weighted by molar-refractivity contribution is 6.46. The minimum absolute atomic E-state index is 0.0879. The van der Waals surface area contributed by atoms with Crippen LogP contribution in [0.25, 0.3) is 5.76 Å². The average molecular weight is 464 g/mol. The van der Waals surface area contributed by atoms with Gasteiger partial charge in [-0.1, -0.05) is 29.8 Å². The summed E-state index contributed by atoms with van der Waals surface area (Å²) in [5.74, 6) is -2.50. The van der Waals surface area contributed by atoms with E-state index in [2.05, 4.69) is 0 Å². The van der Waals surface area contributed by atoms with E-state index in [1.807, 2.05) is 0 Å². The number of carbonyl (C=O) groups is 2. The molecule has 32 heavy (non-hydrogen) atoms. The van der Waals surface area contributed by atoms with Gasteiger partial charge in [-0.05, 0) is 18.6 Å². The molecule has 170 valence electrons. The third-order valence-corrected chi connectivity index (χ3v) is 5.51. The normalized spacial score (nSPS) is 17.7. The van der Waals surface area contributed by atoms with E-state index in [0.29, 0.717) is 13.0 Å². The van der Waals surface area contributed by atoms with Gasteiger partial charge in [0, 0.05) is 31.9 Å². The number of likely N-dealkylation sites (tertiary alicyclic amines) is 1. The van der Waals surface area contributed by atoms with Gasteiger partial charge in [-0.15, -0.1) is 0 Å². The van der Waals surface area contributed by atoms with Crippen LogP contribution in [0.2, 0.25) is 5.02 Å². The summed E-state index contributed by atoms with van der Waals surface area (Å²) in [6, 6.07) is 7.50. The molecule has 1 aliphatic rings. The average Bonchev–Trinajstić information content (AvgIpc) is 3.03. The fourth-order valence-corrected chi connectivity index (χ4v) is 3.93. The summed E-state index contributed by atoms with van der Waals surface area (Å²) in [4.78, 5) is 27.1. The van der Waals surface area contributed by atoms with Gasteiger partial charge in [-0.2, -0.15) is 0 Å². The van der Waals surface area contributed by atoms with E-state index >= 15 is 0 Å². The SMILES string of the molecule is COCCCN1C(=O)C(=O)/C(=C(/O)c2cc(OC)c(Cl)cc2OC)C1c1ccccc1F. The van der Waals surface area contributed by atoms with Crippen LogP contribution in [-0.2, 0) is 14.3 Å². The molecule has 0 bridgehead atoms. The van der Waals surface area contributed by atoms with Crippen LogP contribution < -0.4 is 9.47 Å². The first-order valence-corrected chi connectivity index (χ1v) is 10.2. The number of ether oxygens (including phenoxy) is 3. The van der Waals surface area contributed by atoms with Crippen LogP contribution >= 0.6 is 11.6 Å². The van der Waals surface area contributed by atoms with Crippen LogP contribution in [0, 0.1) is 5.82 Å². The molecule has 0 aliphatic carbocycles. The Bertz CT molecular complexity index is 1070. The fraction of sp³-hybridized carbons (Fsp3) is 0.304. The molecule has 9 heteroatoms. The van der Waals surface area contributed by atoms with Gasteiger partial charge in [0.15, 0.2) is 0 Å². The Morgan fingerprint density at radius 2 is 1.81 bits per heavy atom. The van der Waals surface area contributed by atoms with Crippen molar-refractivity contribution in [2.45, 2.75) is 12.5 Å². The lowest BCUT2D eigenvalue weighted by molar-refractivity contribution is -0.140. The molecule has 2 aromatic rings. The fourth-order valence-electron chi connectivity index (χ4n) is 3.70. The highest BCUT2D eigenvalue weighted by atomic mass is 35.5. The van der Waals surface area contributed by atoms with Gasteiger partial charge in [0.1, 0.15) is 23.1 Å². The van der Waals surface area contributed by atoms with E-state index in [0.717, 1.165) is 0 Å². The van der Waals surface area contributed by atoms with Gasteiger partial charge < -0.3 is 24.2 Å². The number of aliphatic hydroxyl groups excluding tert-OH is 1. The molecule has 0 saturated carbocycles. The number of hydrogen-bond donors (Lipinski definition) is 1. The van der Waals surface area contributed by atoms with Crippen LogP contribution in [0.15, 0.2) is 42.0 Å². The molecule has 1 N–H and O–H groups in total. The monoisotopic (exact) mass is 463 g/mol. The molecule has 1 aliphatic heterocycles. The third-order valence-electron chi connectivity index (χ3n) is 5.22. The van der Waals surface area contributed by atoms with Crippen molar-refractivity contribution >= 4 is 29.1 Å². The number of halogens is 2. The van der Waals surface area contributed by atoms with Crippen LogP contribution in [0.4, 0.5) is 4.39 Å². The predicted octanol–water partition coefficient (Wildman–Crippen LogP) is 3.95. The highest BCUT2D eigenvalue weighted by Crippen LogP contribution is 2.43. The van der Waals surface area contributed by atoms with Crippen molar-refractivity contribution in [2.24, 2.45) is 0 Å². The summed E-state index contributed by atoms with van der Waals surface area (Å²) in [6.07, 6.45) is 0.423. The van der Waals surface area contributed by atoms with Crippen LogP contribution in [0.1, 0.15) is 23.6 Å². The van der Waals surface area contributed by atoms with E-state index in [1.54, 1.807) is 6.07 Å². The van der Waals surface area contributed by atoms with Crippen molar-refractivity contribution in [3.8, 4) is 11.5 Å². The van der Waals surface area contributed by atoms with Crippen molar-refractivity contribution in [3.05, 3.63) is 63.9 Å². The van der Waals surface area contributed by atoms with Crippen LogP contribution in [-0.4, -0.2) is 56.2 Å². The molecule has 3 rings (SSSR count). The minimum atomic E-state index is -1.13. The molecule has 7 nitrogen and oxygen atoms in total. The molecule has 2 aromatic carbocycles. The molecule has 1 amide bonds. The molecular weight excluding hydrogens is 441 g/mol. The maximum absolute atomic E-state index is 14.8. The van der Waals surface area contributed by atoms with Crippen LogP contribution in [0.5, 0.6) is 11.5 Å². The van der Waals surface area contributed by atoms with Gasteiger partial charge >= 0.3 is 0 Å². The number of carbonyl (C=O) groups excluding carboxylic acids is 2. The lowest BCUT2D eigenvalue weighted by atomic mass is 9.94. The van der Waals surface area contributed by atoms with Crippen molar-refractivity contribution in [3.63, 3.8) is 0 Å². The van der Waals surface area contributed by atoms with Crippen molar-refractivity contribution in [1.82, 2.24) is 4.90 Å². The number of aliphatic hydroxyl groups is 1. The highest BCUT2D eigenvalue weighted by Gasteiger charge is 2.47. The molecule has 1 saturated heterocycles. The largest absolute Gasteiger partial charge is 0.507 e. The zero-order chi connectivity index (χ0) is 23.4. The lowest BCUT2D eigenvalue weighted by Gasteiger charge is -2.25. The smallest absolute Gasteiger partial charge is 0.295 e. The first-order chi connectivity index (χ1) is 15.3. The number of Topliss-reactive ketones (excluding diaryl/α,β-unsaturated/α-hetero) is 1. The maximum Gasteiger partial charge on any atom is 0.295 e. The second kappa shape index (κ2) is 10.0. The summed E-state index contributed by atoms with van der Waals surface area (Å²) < 4.78 is 30.3. The van der Waals surface area contributed by atoms with E-state index in [1.165, 1.54) is 56.6 Å². The Balaban J connectivity index is 2.24. The lowest BCUT2D eigenvalue weighted by Crippen LogP contribution is -2.31. The number of amides is 1. The zero-order valence-electron chi connectivity index (χ0n) is 17.9. The maximum atomic E-state index is 14.8. The van der Waals surface area contributed by atoms with Gasteiger partial charge in [-0.3, -0.25) is 9.59 Å². The Kier molecular flexibility index (Phi) is 7.37. The quantitative estimate of drug-likeness (QED) is 0.276. The first-order valence-electron chi connectivity index (χ1n) is 9.79. The van der Waals surface area contributed by atoms with Gasteiger partial charge in [0.25, 0.3) is 11.7 Å². The van der Waals surface area contributed by atoms with E-state index in [9.17, 15) is 19.1 Å². The zero-order valence-corrected chi connectivity index (χ0v) is 18.6. The van der Waals surface area contributed by atoms with Crippen molar-refractivity contribution < 1.29 is 33.3 Å². The number of rotatable bonds is 8. The van der Waals surface area contributed by atoms with E-state index < -0.39 is 29.3 Å². The molecule has 1 fully saturated rings. The molecule has 0 aromatic heterocycles. The predicted molar refractivity (Wildman–Crippen MR) is 116 cm³/mol. The molecule has 1 atom stereocenters. The third kappa shape index (κ3) is 4.28. The summed E-state index contributed by atoms with van der Waals surface area (Å²) in [6.45, 7) is 0.477. The Hall–Kier alpha value is -3.10. The second-order valence-corrected chi connectivity index (χ2v) is 7.45. The van der Waals surface area contributed by atoms with Gasteiger partial charge in [0.05, 0.1) is 36.4 Å². The molecular formula is C23H23ClFNO6. The first kappa shape index (κ1) is 23.6. The summed E-state index contributed by atoms with van der Waals surface area (Å²) in [7, 11) is 4.28. The number of nitrogens with zero attached hydrogens (tertiary/aromatic N) is 1. The Morgan fingerprint density at radius 1 is 1.12 bits per heavy atom. The minimum Gasteiger partial charge on any atom is -0.507 e. The topological polar surface area (TPSA) is 85.3 Å². The van der Waals surface area contributed by atoms with Crippen molar-refractivity contribution in [1.29, 1.82) is 0 Å². The molecule has 1 heterocycles. The summed E-state index contributed by atoms with van der Waals surface area (Å²) in [5.41, 5.74) is -0.0734. The number of ketones is 1. The standard InChI is InChI=1S/C23H23ClFNO6/c1-30-10-6-9-26-20(13-7-4-5-8-16(13)25)19(22(28)23(26)29)21(27)14-11-18(32-3)15(24)12-17(14)31-2/h4-5,7-8,11-12,20,27H,6,9-10H2,1-3H3/b21-19+. The number of hydrogen-bond acceptors (Lipinski definition) is 6. The summed E-state index contributed by atoms with van der Waals surface area (Å²) >= 11 is 6.14. The van der Waals surface area contributed by atoms with Crippen LogP contribution in [0.3, 0.4) is 0 Å². The second-order valence-electron chi connectivity index (χ2n) is 7.05. The molecule has 0 spiro atoms. The molecule has 0 radical (unpaired) electrons. The Morgan fingerprint density at radius 3 is 2.44 bits per heavy atom. The number of benzene rings is 2. The summed E-state index contributed by atoms with van der Waals surface area (Å²) in [5, 5.41) is 11.4. The van der Waals surface area contributed by atoms with Crippen molar-refractivity contribution in [2.75, 3.05) is 34.5 Å². The Labute approximate surface area is 189 Å². The molecule has 1 unspecified atom stereocenters. The van der Waals surface area contributed by atoms with Gasteiger partial charge in [0.2, 0.25) is 0 Å². The van der Waals surface area contributed by atoms with E-state index in [-0.39, 0.29) is 39.8 Å². The van der Waals surface area contributed by atoms with E-state index in [4.69, 9.17) is 25.8 Å². The number of methoxy groups -OCH3 is 3.